The quantitative estimate of drug-likeness (QED) is 0.136. The lowest BCUT2D eigenvalue weighted by Gasteiger charge is -2.60. The van der Waals surface area contributed by atoms with E-state index in [-0.39, 0.29) is 11.0 Å². The third kappa shape index (κ3) is 4.04. The van der Waals surface area contributed by atoms with Crippen LogP contribution in [-0.4, -0.2) is 5.54 Å². The molecule has 1 heterocycles. The van der Waals surface area contributed by atoms with Gasteiger partial charge < -0.3 is 4.90 Å². The SMILES string of the molecule is [C-]#[N+]c1ccc2c(c1)CC1(C)CCCCC1(C)N2c1ccc2c(c1)C(c1ccccc1)(c1ccccc1)c1ccc3c(ccc4ccccc43)c1-2. The molecule has 2 unspecified atom stereocenters. The zero-order chi connectivity index (χ0) is 34.4. The first-order chi connectivity index (χ1) is 25.0. The number of rotatable bonds is 3. The maximum atomic E-state index is 7.81. The first kappa shape index (κ1) is 30.2. The summed E-state index contributed by atoms with van der Waals surface area (Å²) in [4.78, 5) is 6.54. The van der Waals surface area contributed by atoms with Crippen LogP contribution in [0.2, 0.25) is 0 Å². The Bertz CT molecular complexity index is 2520. The van der Waals surface area contributed by atoms with Crippen molar-refractivity contribution < 1.29 is 0 Å². The molecule has 2 heteroatoms. The van der Waals surface area contributed by atoms with Crippen LogP contribution in [0.1, 0.15) is 67.3 Å². The highest BCUT2D eigenvalue weighted by atomic mass is 15.2. The molecule has 10 rings (SSSR count). The average molecular weight is 657 g/mol. The summed E-state index contributed by atoms with van der Waals surface area (Å²) in [5.74, 6) is 0. The Morgan fingerprint density at radius 2 is 1.31 bits per heavy atom. The summed E-state index contributed by atoms with van der Waals surface area (Å²) in [6.45, 7) is 12.8. The van der Waals surface area contributed by atoms with E-state index in [1.165, 1.54) is 91.1 Å². The summed E-state index contributed by atoms with van der Waals surface area (Å²) in [5, 5.41) is 5.16. The first-order valence-corrected chi connectivity index (χ1v) is 18.5. The molecule has 0 saturated heterocycles. The fourth-order valence-electron chi connectivity index (χ4n) is 10.5. The minimum atomic E-state index is -0.508. The Morgan fingerprint density at radius 1 is 0.608 bits per heavy atom. The lowest BCUT2D eigenvalue weighted by atomic mass is 9.57. The predicted molar refractivity (Wildman–Crippen MR) is 212 cm³/mol. The zero-order valence-corrected chi connectivity index (χ0v) is 29.3. The molecule has 0 bridgehead atoms. The van der Waals surface area contributed by atoms with Crippen LogP contribution in [0.25, 0.3) is 37.5 Å². The fourth-order valence-corrected chi connectivity index (χ4v) is 10.5. The van der Waals surface area contributed by atoms with Crippen LogP contribution < -0.4 is 4.90 Å². The number of benzene rings is 7. The van der Waals surface area contributed by atoms with Crippen LogP contribution in [0.4, 0.5) is 17.1 Å². The predicted octanol–water partition coefficient (Wildman–Crippen LogP) is 12.9. The van der Waals surface area contributed by atoms with E-state index in [9.17, 15) is 0 Å². The third-order valence-electron chi connectivity index (χ3n) is 13.1. The van der Waals surface area contributed by atoms with Crippen molar-refractivity contribution in [1.29, 1.82) is 0 Å². The summed E-state index contributed by atoms with van der Waals surface area (Å²) < 4.78 is 0. The third-order valence-corrected chi connectivity index (χ3v) is 13.1. The Labute approximate surface area is 300 Å². The molecule has 1 fully saturated rings. The lowest BCUT2D eigenvalue weighted by molar-refractivity contribution is 0.0863. The van der Waals surface area contributed by atoms with Gasteiger partial charge in [0, 0.05) is 16.9 Å². The van der Waals surface area contributed by atoms with Gasteiger partial charge in [0.05, 0.1) is 12.0 Å². The zero-order valence-electron chi connectivity index (χ0n) is 29.3. The molecular formula is C49H40N2. The van der Waals surface area contributed by atoms with Gasteiger partial charge in [0.2, 0.25) is 0 Å². The topological polar surface area (TPSA) is 7.60 Å². The van der Waals surface area contributed by atoms with Gasteiger partial charge in [-0.1, -0.05) is 147 Å². The molecule has 7 aromatic carbocycles. The summed E-state index contributed by atoms with van der Waals surface area (Å²) in [5.41, 5.74) is 11.9. The molecule has 246 valence electrons. The van der Waals surface area contributed by atoms with Gasteiger partial charge in [-0.15, -0.1) is 0 Å². The van der Waals surface area contributed by atoms with Crippen LogP contribution in [0.3, 0.4) is 0 Å². The van der Waals surface area contributed by atoms with E-state index in [0.717, 1.165) is 18.5 Å². The highest BCUT2D eigenvalue weighted by Gasteiger charge is 2.54. The number of anilines is 2. The van der Waals surface area contributed by atoms with E-state index >= 15 is 0 Å². The fraction of sp³-hybridized carbons (Fsp3) is 0.204. The largest absolute Gasteiger partial charge is 0.335 e. The standard InChI is InChI=1S/C49H40N2/c1-47-28-12-13-29-48(47,2)51(45-27-21-37(50-3)30-34(45)32-47)38-22-24-42-44(31-38)49(35-15-6-4-7-16-35,36-17-8-5-9-18-36)43-26-25-40-39-19-11-10-14-33(39)20-23-41(40)46(42)43/h4-11,14-27,30-31H,12-13,28-29,32H2,1-2H3. The van der Waals surface area contributed by atoms with Crippen LogP contribution in [0.15, 0.2) is 146 Å². The highest BCUT2D eigenvalue weighted by Crippen LogP contribution is 2.62. The smallest absolute Gasteiger partial charge is 0.187 e. The maximum absolute atomic E-state index is 7.81. The maximum Gasteiger partial charge on any atom is 0.187 e. The van der Waals surface area contributed by atoms with E-state index in [0.29, 0.717) is 0 Å². The summed E-state index contributed by atoms with van der Waals surface area (Å²) >= 11 is 0. The van der Waals surface area contributed by atoms with Gasteiger partial charge in [-0.05, 0) is 110 Å². The van der Waals surface area contributed by atoms with E-state index in [4.69, 9.17) is 6.57 Å². The molecule has 51 heavy (non-hydrogen) atoms. The molecule has 0 amide bonds. The molecule has 2 atom stereocenters. The summed E-state index contributed by atoms with van der Waals surface area (Å²) in [7, 11) is 0. The molecule has 0 radical (unpaired) electrons. The molecular weight excluding hydrogens is 617 g/mol. The van der Waals surface area contributed by atoms with Gasteiger partial charge >= 0.3 is 0 Å². The first-order valence-electron chi connectivity index (χ1n) is 18.5. The lowest BCUT2D eigenvalue weighted by Crippen LogP contribution is -2.60. The van der Waals surface area contributed by atoms with Crippen molar-refractivity contribution in [2.24, 2.45) is 5.41 Å². The minimum Gasteiger partial charge on any atom is -0.335 e. The summed E-state index contributed by atoms with van der Waals surface area (Å²) in [6, 6.07) is 54.3. The van der Waals surface area contributed by atoms with Gasteiger partial charge in [0.15, 0.2) is 5.69 Å². The molecule has 0 spiro atoms. The highest BCUT2D eigenvalue weighted by molar-refractivity contribution is 6.14. The molecule has 7 aromatic rings. The van der Waals surface area contributed by atoms with Gasteiger partial charge in [-0.25, -0.2) is 4.85 Å². The van der Waals surface area contributed by atoms with Crippen LogP contribution >= 0.6 is 0 Å². The monoisotopic (exact) mass is 656 g/mol. The van der Waals surface area contributed by atoms with Crippen molar-refractivity contribution in [3.8, 4) is 11.1 Å². The molecule has 3 aliphatic rings. The van der Waals surface area contributed by atoms with E-state index in [1.54, 1.807) is 0 Å². The van der Waals surface area contributed by atoms with Crippen LogP contribution in [-0.2, 0) is 11.8 Å². The Balaban J connectivity index is 1.31. The average Bonchev–Trinajstić information content (AvgIpc) is 3.48. The van der Waals surface area contributed by atoms with Gasteiger partial charge in [-0.2, -0.15) is 0 Å². The number of nitrogens with zero attached hydrogens (tertiary/aromatic N) is 2. The molecule has 1 saturated carbocycles. The minimum absolute atomic E-state index is 0.0642. The molecule has 1 aliphatic heterocycles. The van der Waals surface area contributed by atoms with E-state index in [2.05, 4.69) is 163 Å². The van der Waals surface area contributed by atoms with E-state index in [1.807, 2.05) is 6.07 Å². The molecule has 2 aliphatic carbocycles. The Hall–Kier alpha value is -5.65. The normalized spacial score (nSPS) is 21.4. The van der Waals surface area contributed by atoms with Crippen molar-refractivity contribution in [1.82, 2.24) is 0 Å². The van der Waals surface area contributed by atoms with Crippen molar-refractivity contribution in [3.63, 3.8) is 0 Å². The Kier molecular flexibility index (Phi) is 6.47. The van der Waals surface area contributed by atoms with Crippen molar-refractivity contribution in [2.75, 3.05) is 4.90 Å². The van der Waals surface area contributed by atoms with Crippen molar-refractivity contribution in [3.05, 3.63) is 185 Å². The second-order valence-corrected chi connectivity index (χ2v) is 15.6. The molecule has 2 nitrogen and oxygen atoms in total. The molecule has 0 N–H and O–H groups in total. The number of hydrogen-bond donors (Lipinski definition) is 0. The van der Waals surface area contributed by atoms with Crippen molar-refractivity contribution in [2.45, 2.75) is 56.9 Å². The van der Waals surface area contributed by atoms with Crippen LogP contribution in [0, 0.1) is 12.0 Å². The van der Waals surface area contributed by atoms with Crippen molar-refractivity contribution >= 4 is 38.6 Å². The number of hydrogen-bond acceptors (Lipinski definition) is 1. The van der Waals surface area contributed by atoms with E-state index < -0.39 is 5.41 Å². The Morgan fingerprint density at radius 3 is 2.08 bits per heavy atom. The second kappa shape index (κ2) is 10.9. The van der Waals surface area contributed by atoms with Gasteiger partial charge in [-0.3, -0.25) is 0 Å². The summed E-state index contributed by atoms with van der Waals surface area (Å²) in [6.07, 6.45) is 5.82. The van der Waals surface area contributed by atoms with Gasteiger partial charge in [0.25, 0.3) is 0 Å². The second-order valence-electron chi connectivity index (χ2n) is 15.6. The van der Waals surface area contributed by atoms with Crippen LogP contribution in [0.5, 0.6) is 0 Å². The number of fused-ring (bicyclic) bond motifs is 9. The van der Waals surface area contributed by atoms with Gasteiger partial charge in [0.1, 0.15) is 0 Å². The molecule has 0 aromatic heterocycles.